The summed E-state index contributed by atoms with van der Waals surface area (Å²) in [7, 11) is -5.35. The molecule has 0 radical (unpaired) electrons. The van der Waals surface area contributed by atoms with Crippen molar-refractivity contribution in [3.8, 4) is 34.8 Å². The van der Waals surface area contributed by atoms with E-state index in [4.69, 9.17) is 33.5 Å². The molecule has 0 saturated heterocycles. The van der Waals surface area contributed by atoms with E-state index in [1.807, 2.05) is 124 Å². The minimum absolute atomic E-state index is 0.00100. The van der Waals surface area contributed by atoms with E-state index in [-0.39, 0.29) is 74.9 Å². The molecule has 0 spiro atoms. The zero-order chi connectivity index (χ0) is 91.7. The highest BCUT2D eigenvalue weighted by Crippen LogP contribution is 2.64. The number of fused-ring (bicyclic) bond motifs is 2. The van der Waals surface area contributed by atoms with Crippen LogP contribution in [0.3, 0.4) is 0 Å². The number of hydrogen-bond donors (Lipinski definition) is 1. The lowest BCUT2D eigenvalue weighted by molar-refractivity contribution is -0.239. The third kappa shape index (κ3) is 29.2. The number of benzene rings is 5. The van der Waals surface area contributed by atoms with E-state index < -0.39 is 78.6 Å². The molecule has 5 aromatic carbocycles. The number of phenols is 1. The Labute approximate surface area is 730 Å². The first kappa shape index (κ1) is 103. The lowest BCUT2D eigenvalue weighted by atomic mass is 9.48. The van der Waals surface area contributed by atoms with Gasteiger partial charge in [0.05, 0.1) is 42.9 Å². The fraction of sp³-hybridized carbons (Fsp3) is 0.630. The van der Waals surface area contributed by atoms with Crippen LogP contribution in [0.4, 0.5) is 17.6 Å². The summed E-state index contributed by atoms with van der Waals surface area (Å²) in [4.78, 5) is 66.0. The lowest BCUT2D eigenvalue weighted by Gasteiger charge is -2.60. The van der Waals surface area contributed by atoms with Crippen LogP contribution in [-0.4, -0.2) is 94.0 Å². The van der Waals surface area contributed by atoms with Crippen molar-refractivity contribution in [1.29, 1.82) is 0 Å². The second-order valence-corrected chi connectivity index (χ2v) is 42.9. The highest BCUT2D eigenvalue weighted by molar-refractivity contribution is 7.97. The number of halogens is 4. The molecule has 4 atom stereocenters. The topological polar surface area (TPSA) is 227 Å². The fourth-order valence-corrected chi connectivity index (χ4v) is 18.5. The summed E-state index contributed by atoms with van der Waals surface area (Å²) in [5.41, 5.74) is -4.53. The maximum Gasteiger partial charge on any atom is 0.426 e. The Morgan fingerprint density at radius 3 is 1.49 bits per heavy atom. The van der Waals surface area contributed by atoms with Gasteiger partial charge in [-0.2, -0.15) is 13.2 Å². The molecule has 16 nitrogen and oxygen atoms in total. The SMILES string of the molecule is CCC(C)(C)C(=O)OC(C)(C)C#CC(C)(C)OC(=O)C(C)(C)CC.CCC(C)(C)C(=O)OC(C)(C)C1CCCC1.CCC(C)(C)C(=O)OC12CC3CC(C1)CC(C(=O)OC(CS(=O)(=O)[O-])C(F)(F)F)(C3)C2.CCC(C)(C)c1ccc(OC2(C)CCCCC2)c(F)c1.CCC(C)c1cccc(O)c1.c1ccc([S+]2c3ccccc3Oc3ccccc32)cc1. The van der Waals surface area contributed by atoms with Crippen molar-refractivity contribution in [3.05, 3.63) is 138 Å². The maximum atomic E-state index is 14.3. The van der Waals surface area contributed by atoms with Gasteiger partial charge in [-0.1, -0.05) is 154 Å². The van der Waals surface area contributed by atoms with Crippen LogP contribution in [0.2, 0.25) is 0 Å². The van der Waals surface area contributed by atoms with Crippen LogP contribution in [0.1, 0.15) is 318 Å². The van der Waals surface area contributed by atoms with Crippen LogP contribution >= 0.6 is 0 Å². The van der Waals surface area contributed by atoms with Gasteiger partial charge >= 0.3 is 36.0 Å². The second kappa shape index (κ2) is 42.1. The molecule has 678 valence electrons. The largest absolute Gasteiger partial charge is 0.748 e. The Morgan fingerprint density at radius 1 is 0.582 bits per heavy atom. The van der Waals surface area contributed by atoms with Crippen LogP contribution in [0.25, 0.3) is 0 Å². The third-order valence-corrected chi connectivity index (χ3v) is 28.8. The van der Waals surface area contributed by atoms with Crippen molar-refractivity contribution in [3.63, 3.8) is 0 Å². The van der Waals surface area contributed by atoms with Crippen LogP contribution in [0, 0.1) is 62.5 Å². The van der Waals surface area contributed by atoms with Gasteiger partial charge in [0.1, 0.15) is 33.4 Å². The number of para-hydroxylation sites is 2. The minimum atomic E-state index is -5.27. The average Bonchev–Trinajstić information content (AvgIpc) is 0.742. The number of aromatic hydroxyl groups is 1. The van der Waals surface area contributed by atoms with Crippen molar-refractivity contribution in [2.45, 2.75) is 367 Å². The van der Waals surface area contributed by atoms with Crippen molar-refractivity contribution in [1.82, 2.24) is 0 Å². The Bertz CT molecular complexity index is 4370. The van der Waals surface area contributed by atoms with Gasteiger partial charge in [0, 0.05) is 6.42 Å². The minimum Gasteiger partial charge on any atom is -0.748 e. The monoisotopic (exact) mass is 1740 g/mol. The van der Waals surface area contributed by atoms with Gasteiger partial charge in [0.25, 0.3) is 0 Å². The molecule has 4 unspecified atom stereocenters. The number of ether oxygens (including phenoxy) is 7. The number of rotatable bonds is 24. The first-order valence-electron chi connectivity index (χ1n) is 44.0. The van der Waals surface area contributed by atoms with Gasteiger partial charge in [-0.3, -0.25) is 24.0 Å². The molecule has 0 aromatic heterocycles. The molecule has 1 heterocycles. The number of alkyl halides is 3. The predicted molar refractivity (Wildman–Crippen MR) is 473 cm³/mol. The van der Waals surface area contributed by atoms with Gasteiger partial charge < -0.3 is 42.8 Å². The van der Waals surface area contributed by atoms with Gasteiger partial charge in [-0.25, -0.2) is 12.8 Å². The lowest BCUT2D eigenvalue weighted by Crippen LogP contribution is -2.61. The molecular formula is C100H142F4O16S2. The van der Waals surface area contributed by atoms with Crippen LogP contribution in [-0.2, 0) is 74.1 Å². The Hall–Kier alpha value is -7.61. The average molecular weight is 1740 g/mol. The first-order chi connectivity index (χ1) is 56.4. The maximum absolute atomic E-state index is 14.3. The van der Waals surface area contributed by atoms with E-state index in [0.29, 0.717) is 68.3 Å². The molecule has 6 aliphatic carbocycles. The Kier molecular flexibility index (Phi) is 35.6. The van der Waals surface area contributed by atoms with Crippen molar-refractivity contribution in [2.75, 3.05) is 5.75 Å². The summed E-state index contributed by atoms with van der Waals surface area (Å²) < 4.78 is 126. The summed E-state index contributed by atoms with van der Waals surface area (Å²) in [5, 5.41) is 9.16. The summed E-state index contributed by atoms with van der Waals surface area (Å²) >= 11 is 0. The van der Waals surface area contributed by atoms with Gasteiger partial charge in [-0.15, -0.1) is 0 Å². The predicted octanol–water partition coefficient (Wildman–Crippen LogP) is 25.2. The second-order valence-electron chi connectivity index (χ2n) is 39.5. The number of carbonyl (C=O) groups excluding carboxylic acids is 5. The number of carbonyl (C=O) groups is 5. The van der Waals surface area contributed by atoms with Crippen LogP contribution in [0.15, 0.2) is 136 Å². The number of phenolic OH excluding ortho intramolecular Hbond substituents is 1. The molecular weight excluding hydrogens is 1600 g/mol. The molecule has 22 heteroatoms. The Morgan fingerprint density at radius 2 is 1.05 bits per heavy atom. The number of esters is 5. The molecule has 0 amide bonds. The van der Waals surface area contributed by atoms with E-state index in [1.165, 1.54) is 65.2 Å². The van der Waals surface area contributed by atoms with E-state index >= 15 is 0 Å². The van der Waals surface area contributed by atoms with Crippen molar-refractivity contribution < 1.29 is 92.8 Å². The first-order valence-corrected chi connectivity index (χ1v) is 46.8. The summed E-state index contributed by atoms with van der Waals surface area (Å²) in [6.45, 7) is 46.4. The highest BCUT2D eigenvalue weighted by atomic mass is 32.2. The number of hydrogen-bond acceptors (Lipinski definition) is 16. The molecule has 12 rings (SSSR count). The van der Waals surface area contributed by atoms with Gasteiger partial charge in [-0.05, 0) is 314 Å². The van der Waals surface area contributed by atoms with Crippen LogP contribution in [0.5, 0.6) is 23.0 Å². The fourth-order valence-electron chi connectivity index (χ4n) is 15.7. The van der Waals surface area contributed by atoms with Gasteiger partial charge in [0.2, 0.25) is 15.9 Å². The molecule has 5 aromatic rings. The van der Waals surface area contributed by atoms with Gasteiger partial charge in [0.15, 0.2) is 39.2 Å². The van der Waals surface area contributed by atoms with Crippen LogP contribution < -0.4 is 9.47 Å². The zero-order valence-corrected chi connectivity index (χ0v) is 79.0. The van der Waals surface area contributed by atoms with E-state index in [0.717, 1.165) is 55.6 Å². The molecule has 7 aliphatic rings. The third-order valence-electron chi connectivity index (χ3n) is 25.8. The van der Waals surface area contributed by atoms with E-state index in [2.05, 4.69) is 127 Å². The quantitative estimate of drug-likeness (QED) is 0.0148. The molecule has 1 N–H and O–H groups in total. The molecule has 6 saturated carbocycles. The Balaban J connectivity index is 0.000000232. The normalized spacial score (nSPS) is 20.0. The summed E-state index contributed by atoms with van der Waals surface area (Å²) in [6, 6.07) is 40.2. The van der Waals surface area contributed by atoms with Crippen molar-refractivity contribution in [2.24, 2.45) is 44.8 Å². The molecule has 6 fully saturated rings. The van der Waals surface area contributed by atoms with Crippen molar-refractivity contribution >= 4 is 50.9 Å². The standard InChI is InChI=1S/C20H29F3O7S.C20H34O4.C18H27FO.C18H13OS.C14H26O2.C10H14O/c1-4-17(2,3)15(24)30-19-8-12-5-13(9-19)7-18(6-12,11-19)16(25)29-14(20(21,22)23)10-31(26,27)28;1-11-17(3,4)15(21)23-19(7,8)13-14-20(9,10)24-16(22)18(5,6)12-2;1-5-17(2,3)14-9-10-16(15(19)13-14)20-18(4)11-7-6-8-12-18;1-2-8-14(9-3-1)20-17-12-6-4-10-15(17)19-16-11-5-7-13-18(16)20;1-6-13(2,3)12(15)16-14(4,5)11-9-7-8-10-11;1-3-8(2)9-5-4-6-10(11)7-9/h12-14H,4-11H2,1-3H3,(H,26,27,28);11-12H2,1-10H3;9-10,13H,5-8,11-12H2,1-4H3;1-13H;11H,6-10H2,1-5H3;4-8,11H,3H2,1-2H3/q;;;+1;;/p-1. The highest BCUT2D eigenvalue weighted by Gasteiger charge is 2.64. The molecule has 1 aliphatic heterocycles. The molecule has 122 heavy (non-hydrogen) atoms. The zero-order valence-electron chi connectivity index (χ0n) is 77.4. The smallest absolute Gasteiger partial charge is 0.426 e. The summed E-state index contributed by atoms with van der Waals surface area (Å²) in [5.74, 6) is 5.37. The van der Waals surface area contributed by atoms with E-state index in [1.54, 1.807) is 53.7 Å². The molecule has 4 bridgehead atoms. The van der Waals surface area contributed by atoms with E-state index in [9.17, 15) is 54.5 Å². The summed E-state index contributed by atoms with van der Waals surface area (Å²) in [6.07, 6.45) is 9.80.